The van der Waals surface area contributed by atoms with Gasteiger partial charge in [0, 0.05) is 38.6 Å². The van der Waals surface area contributed by atoms with Crippen LogP contribution in [-0.4, -0.2) is 51.0 Å². The molecule has 0 radical (unpaired) electrons. The summed E-state index contributed by atoms with van der Waals surface area (Å²) in [6, 6.07) is 0. The van der Waals surface area contributed by atoms with E-state index in [1.165, 1.54) is 28.4 Å². The number of aliphatic hydroxyl groups is 1. The van der Waals surface area contributed by atoms with E-state index in [0.29, 0.717) is 0 Å². The lowest BCUT2D eigenvalue weighted by Crippen LogP contribution is -2.26. The van der Waals surface area contributed by atoms with E-state index in [-0.39, 0.29) is 24.6 Å². The van der Waals surface area contributed by atoms with Crippen molar-refractivity contribution in [1.29, 1.82) is 0 Å². The molecule has 1 N–H and O–H groups in total. The highest BCUT2D eigenvalue weighted by atomic mass is 32.2. The first-order valence-electron chi connectivity index (χ1n) is 6.00. The monoisotopic (exact) mass is 299 g/mol. The van der Waals surface area contributed by atoms with E-state index in [2.05, 4.69) is 10.2 Å². The van der Waals surface area contributed by atoms with Crippen molar-refractivity contribution in [3.63, 3.8) is 0 Å². The zero-order chi connectivity index (χ0) is 14.8. The molecule has 9 heteroatoms. The van der Waals surface area contributed by atoms with Crippen LogP contribution < -0.4 is 0 Å². The molecule has 0 spiro atoms. The molecule has 2 aromatic rings. The van der Waals surface area contributed by atoms with Crippen molar-refractivity contribution < 1.29 is 13.5 Å². The minimum Gasteiger partial charge on any atom is -0.394 e. The Morgan fingerprint density at radius 2 is 2.05 bits per heavy atom. The largest absolute Gasteiger partial charge is 0.394 e. The Bertz CT molecular complexity index is 676. The normalized spacial score (nSPS) is 12.2. The molecule has 0 unspecified atom stereocenters. The van der Waals surface area contributed by atoms with Crippen molar-refractivity contribution in [2.24, 2.45) is 7.05 Å². The summed E-state index contributed by atoms with van der Waals surface area (Å²) < 4.78 is 28.9. The molecular weight excluding hydrogens is 282 g/mol. The molecule has 0 saturated carbocycles. The van der Waals surface area contributed by atoms with Crippen LogP contribution in [0.3, 0.4) is 0 Å². The van der Waals surface area contributed by atoms with Gasteiger partial charge in [0.15, 0.2) is 0 Å². The maximum Gasteiger partial charge on any atom is 0.246 e. The van der Waals surface area contributed by atoms with Gasteiger partial charge in [0.05, 0.1) is 25.5 Å². The number of aromatic nitrogens is 4. The maximum atomic E-state index is 12.3. The maximum absolute atomic E-state index is 12.3. The van der Waals surface area contributed by atoms with E-state index < -0.39 is 10.0 Å². The summed E-state index contributed by atoms with van der Waals surface area (Å²) in [5.74, 6) is 0. The number of hydrogen-bond donors (Lipinski definition) is 1. The molecule has 0 aliphatic rings. The molecular formula is C11H17N5O3S. The second kappa shape index (κ2) is 5.73. The third-order valence-electron chi connectivity index (χ3n) is 2.81. The van der Waals surface area contributed by atoms with E-state index in [1.807, 2.05) is 0 Å². The zero-order valence-electron chi connectivity index (χ0n) is 11.3. The first-order valence-corrected chi connectivity index (χ1v) is 7.44. The second-order valence-corrected chi connectivity index (χ2v) is 6.49. The summed E-state index contributed by atoms with van der Waals surface area (Å²) in [5, 5.41) is 16.7. The van der Waals surface area contributed by atoms with Crippen LogP contribution in [-0.2, 0) is 30.2 Å². The van der Waals surface area contributed by atoms with E-state index in [9.17, 15) is 8.42 Å². The topological polar surface area (TPSA) is 93.3 Å². The van der Waals surface area contributed by atoms with Crippen molar-refractivity contribution in [3.8, 4) is 0 Å². The standard InChI is InChI=1S/C11H17N5O3S/c1-14-7-10(5-12-14)8-15(2)20(18,19)11-6-13-16(9-11)3-4-17/h5-7,9,17H,3-4,8H2,1-2H3. The number of rotatable bonds is 6. The lowest BCUT2D eigenvalue weighted by atomic mass is 10.4. The Balaban J connectivity index is 2.15. The minimum absolute atomic E-state index is 0.0906. The predicted octanol–water partition coefficient (Wildman–Crippen LogP) is -0.570. The van der Waals surface area contributed by atoms with Crippen molar-refractivity contribution in [2.75, 3.05) is 13.7 Å². The predicted molar refractivity (Wildman–Crippen MR) is 71.2 cm³/mol. The Morgan fingerprint density at radius 3 is 2.65 bits per heavy atom. The highest BCUT2D eigenvalue weighted by Crippen LogP contribution is 2.15. The van der Waals surface area contributed by atoms with Gasteiger partial charge in [-0.2, -0.15) is 14.5 Å². The number of sulfonamides is 1. The quantitative estimate of drug-likeness (QED) is 0.771. The van der Waals surface area contributed by atoms with Crippen molar-refractivity contribution in [3.05, 3.63) is 30.4 Å². The third-order valence-corrected chi connectivity index (χ3v) is 4.57. The number of aliphatic hydroxyl groups excluding tert-OH is 1. The molecule has 0 aromatic carbocycles. The first-order chi connectivity index (χ1) is 9.43. The van der Waals surface area contributed by atoms with Gasteiger partial charge in [0.2, 0.25) is 10.0 Å². The number of hydrogen-bond acceptors (Lipinski definition) is 5. The fourth-order valence-corrected chi connectivity index (χ4v) is 2.89. The Kier molecular flexibility index (Phi) is 4.21. The number of nitrogens with zero attached hydrogens (tertiary/aromatic N) is 5. The van der Waals surface area contributed by atoms with Gasteiger partial charge < -0.3 is 5.11 Å². The van der Waals surface area contributed by atoms with E-state index in [1.54, 1.807) is 24.1 Å². The molecule has 0 aliphatic heterocycles. The molecule has 8 nitrogen and oxygen atoms in total. The fourth-order valence-electron chi connectivity index (χ4n) is 1.78. The molecule has 0 amide bonds. The molecule has 0 fully saturated rings. The van der Waals surface area contributed by atoms with E-state index >= 15 is 0 Å². The van der Waals surface area contributed by atoms with Crippen LogP contribution in [0.4, 0.5) is 0 Å². The van der Waals surface area contributed by atoms with Crippen molar-refractivity contribution in [2.45, 2.75) is 18.0 Å². The van der Waals surface area contributed by atoms with Gasteiger partial charge in [-0.05, 0) is 0 Å². The van der Waals surface area contributed by atoms with E-state index in [4.69, 9.17) is 5.11 Å². The molecule has 110 valence electrons. The van der Waals surface area contributed by atoms with Crippen LogP contribution in [0.1, 0.15) is 5.56 Å². The summed E-state index contributed by atoms with van der Waals surface area (Å²) >= 11 is 0. The first kappa shape index (κ1) is 14.7. The van der Waals surface area contributed by atoms with Gasteiger partial charge in [-0.3, -0.25) is 9.36 Å². The lowest BCUT2D eigenvalue weighted by Gasteiger charge is -2.14. The average Bonchev–Trinajstić information content (AvgIpc) is 2.99. The lowest BCUT2D eigenvalue weighted by molar-refractivity contribution is 0.269. The molecule has 0 aliphatic carbocycles. The summed E-state index contributed by atoms with van der Waals surface area (Å²) in [5.41, 5.74) is 0.807. The Morgan fingerprint density at radius 1 is 1.30 bits per heavy atom. The second-order valence-electron chi connectivity index (χ2n) is 4.45. The van der Waals surface area contributed by atoms with Crippen LogP contribution in [0, 0.1) is 0 Å². The molecule has 20 heavy (non-hydrogen) atoms. The van der Waals surface area contributed by atoms with Gasteiger partial charge >= 0.3 is 0 Å². The minimum atomic E-state index is -3.59. The Labute approximate surface area is 117 Å². The average molecular weight is 299 g/mol. The van der Waals surface area contributed by atoms with Crippen molar-refractivity contribution >= 4 is 10.0 Å². The van der Waals surface area contributed by atoms with Gasteiger partial charge in [-0.15, -0.1) is 0 Å². The van der Waals surface area contributed by atoms with Gasteiger partial charge in [-0.1, -0.05) is 0 Å². The van der Waals surface area contributed by atoms with Gasteiger partial charge in [0.25, 0.3) is 0 Å². The zero-order valence-corrected chi connectivity index (χ0v) is 12.2. The smallest absolute Gasteiger partial charge is 0.246 e. The highest BCUT2D eigenvalue weighted by molar-refractivity contribution is 7.89. The molecule has 2 heterocycles. The molecule has 2 rings (SSSR count). The van der Waals surface area contributed by atoms with Crippen molar-refractivity contribution in [1.82, 2.24) is 23.9 Å². The third kappa shape index (κ3) is 3.06. The van der Waals surface area contributed by atoms with Crippen LogP contribution in [0.25, 0.3) is 0 Å². The van der Waals surface area contributed by atoms with Crippen LogP contribution in [0.15, 0.2) is 29.7 Å². The summed E-state index contributed by atoms with van der Waals surface area (Å²) in [6.45, 7) is 0.413. The van der Waals surface area contributed by atoms with Gasteiger partial charge in [-0.25, -0.2) is 8.42 Å². The Hall–Kier alpha value is -1.71. The summed E-state index contributed by atoms with van der Waals surface area (Å²) in [6.07, 6.45) is 6.08. The van der Waals surface area contributed by atoms with Crippen LogP contribution in [0.2, 0.25) is 0 Å². The molecule has 2 aromatic heterocycles. The molecule has 0 saturated heterocycles. The molecule has 0 atom stereocenters. The van der Waals surface area contributed by atoms with Crippen LogP contribution >= 0.6 is 0 Å². The summed E-state index contributed by atoms with van der Waals surface area (Å²) in [4.78, 5) is 0.109. The van der Waals surface area contributed by atoms with E-state index in [0.717, 1.165) is 5.56 Å². The van der Waals surface area contributed by atoms with Crippen LogP contribution in [0.5, 0.6) is 0 Å². The van der Waals surface area contributed by atoms with Gasteiger partial charge in [0.1, 0.15) is 4.90 Å². The molecule has 0 bridgehead atoms. The fraction of sp³-hybridized carbons (Fsp3) is 0.455. The SMILES string of the molecule is CN(Cc1cnn(C)c1)S(=O)(=O)c1cnn(CCO)c1. The highest BCUT2D eigenvalue weighted by Gasteiger charge is 2.23. The number of aryl methyl sites for hydroxylation is 1. The summed E-state index contributed by atoms with van der Waals surface area (Å²) in [7, 11) is -0.314.